The first-order valence-electron chi connectivity index (χ1n) is 8.68. The number of rotatable bonds is 10. The Morgan fingerprint density at radius 1 is 1.18 bits per heavy atom. The molecule has 0 fully saturated rings. The second-order valence-electron chi connectivity index (χ2n) is 5.72. The highest BCUT2D eigenvalue weighted by atomic mass is 16.6. The van der Waals surface area contributed by atoms with E-state index in [1.54, 1.807) is 31.4 Å². The monoisotopic (exact) mass is 386 g/mol. The summed E-state index contributed by atoms with van der Waals surface area (Å²) in [5.41, 5.74) is 2.92. The fraction of sp³-hybridized carbons (Fsp3) is 0.278. The lowest BCUT2D eigenvalue weighted by Gasteiger charge is -2.07. The zero-order chi connectivity index (χ0) is 19.6. The van der Waals surface area contributed by atoms with E-state index in [1.165, 1.54) is 0 Å². The molecule has 0 bridgehead atoms. The van der Waals surface area contributed by atoms with E-state index in [4.69, 9.17) is 14.1 Å². The maximum absolute atomic E-state index is 9.50. The first-order valence-corrected chi connectivity index (χ1v) is 8.68. The summed E-state index contributed by atoms with van der Waals surface area (Å²) in [7, 11) is 1.62. The second-order valence-corrected chi connectivity index (χ2v) is 5.72. The summed E-state index contributed by atoms with van der Waals surface area (Å²) in [6, 6.07) is 11.0. The van der Waals surface area contributed by atoms with Crippen LogP contribution in [0.1, 0.15) is 5.69 Å². The largest absolute Gasteiger partial charge is 0.491 e. The zero-order valence-electron chi connectivity index (χ0n) is 15.4. The molecular weight excluding hydrogens is 364 g/mol. The maximum Gasteiger partial charge on any atom is 0.202 e. The molecule has 0 aliphatic rings. The van der Waals surface area contributed by atoms with Gasteiger partial charge in [-0.15, -0.1) is 0 Å². The van der Waals surface area contributed by atoms with E-state index in [0.29, 0.717) is 37.0 Å². The van der Waals surface area contributed by atoms with Gasteiger partial charge in [0, 0.05) is 32.6 Å². The van der Waals surface area contributed by atoms with E-state index in [-0.39, 0.29) is 11.5 Å². The van der Waals surface area contributed by atoms with Crippen LogP contribution in [0, 0.1) is 0 Å². The lowest BCUT2D eigenvalue weighted by atomic mass is 10.3. The van der Waals surface area contributed by atoms with E-state index >= 15 is 0 Å². The fourth-order valence-electron chi connectivity index (χ4n) is 2.40. The molecule has 2 heterocycles. The molecule has 10 nitrogen and oxygen atoms in total. The van der Waals surface area contributed by atoms with Crippen LogP contribution in [0.25, 0.3) is 0 Å². The van der Waals surface area contributed by atoms with Crippen molar-refractivity contribution in [3.8, 4) is 5.75 Å². The maximum atomic E-state index is 9.50. The molecule has 3 aromatic rings. The Labute approximate surface area is 161 Å². The summed E-state index contributed by atoms with van der Waals surface area (Å²) >= 11 is 0. The molecule has 3 rings (SSSR count). The number of nitrogens with one attached hydrogen (secondary N) is 2. The molecule has 0 atom stereocenters. The van der Waals surface area contributed by atoms with Gasteiger partial charge in [0.15, 0.2) is 11.5 Å². The topological polar surface area (TPSA) is 119 Å². The highest BCUT2D eigenvalue weighted by Crippen LogP contribution is 2.20. The number of benzene rings is 1. The van der Waals surface area contributed by atoms with E-state index < -0.39 is 0 Å². The number of nitrogens with zero attached hydrogens (tertiary/aromatic N) is 4. The fourth-order valence-corrected chi connectivity index (χ4v) is 2.40. The van der Waals surface area contributed by atoms with Crippen LogP contribution in [-0.4, -0.2) is 52.8 Å². The molecule has 0 aliphatic carbocycles. The summed E-state index contributed by atoms with van der Waals surface area (Å²) in [4.78, 5) is 4.34. The molecule has 148 valence electrons. The summed E-state index contributed by atoms with van der Waals surface area (Å²) in [6.45, 7) is 2.31. The van der Waals surface area contributed by atoms with E-state index in [1.807, 2.05) is 34.6 Å². The van der Waals surface area contributed by atoms with Gasteiger partial charge in [-0.25, -0.2) is 9.62 Å². The number of hydrogen-bond acceptors (Lipinski definition) is 8. The van der Waals surface area contributed by atoms with Crippen molar-refractivity contribution in [3.63, 3.8) is 0 Å². The molecule has 0 saturated heterocycles. The van der Waals surface area contributed by atoms with Crippen molar-refractivity contribution in [3.05, 3.63) is 54.5 Å². The molecule has 2 aromatic heterocycles. The molecule has 1 aromatic carbocycles. The van der Waals surface area contributed by atoms with Crippen molar-refractivity contribution in [2.24, 2.45) is 4.99 Å². The van der Waals surface area contributed by atoms with Crippen LogP contribution in [0.5, 0.6) is 5.75 Å². The minimum absolute atomic E-state index is 0.109. The van der Waals surface area contributed by atoms with Gasteiger partial charge in [0.1, 0.15) is 12.4 Å². The molecule has 0 radical (unpaired) electrons. The number of hydroxylamine groups is 1. The molecule has 0 amide bonds. The van der Waals surface area contributed by atoms with Crippen molar-refractivity contribution in [2.75, 3.05) is 32.2 Å². The molecule has 0 saturated carbocycles. The number of ether oxygens (including phenoxy) is 2. The first-order chi connectivity index (χ1) is 13.8. The van der Waals surface area contributed by atoms with Gasteiger partial charge in [0.25, 0.3) is 0 Å². The number of amidine groups is 1. The van der Waals surface area contributed by atoms with Gasteiger partial charge in [-0.3, -0.25) is 10.7 Å². The van der Waals surface area contributed by atoms with Crippen LogP contribution in [0.3, 0.4) is 0 Å². The molecule has 28 heavy (non-hydrogen) atoms. The highest BCUT2D eigenvalue weighted by molar-refractivity contribution is 6.01. The van der Waals surface area contributed by atoms with Crippen LogP contribution < -0.4 is 15.5 Å². The average Bonchev–Trinajstić information content (AvgIpc) is 3.40. The van der Waals surface area contributed by atoms with Crippen LogP contribution in [0.15, 0.2) is 58.4 Å². The predicted octanol–water partition coefficient (Wildman–Crippen LogP) is 2.07. The van der Waals surface area contributed by atoms with Gasteiger partial charge in [-0.2, -0.15) is 0 Å². The lowest BCUT2D eigenvalue weighted by Crippen LogP contribution is -2.22. The predicted molar refractivity (Wildman–Crippen MR) is 102 cm³/mol. The molecule has 0 spiro atoms. The SMILES string of the molecule is COCCOc1ccc(N=C(NO)c2nonc2NCCn2cccc2)cc1. The van der Waals surface area contributed by atoms with Gasteiger partial charge in [0.05, 0.1) is 12.3 Å². The van der Waals surface area contributed by atoms with E-state index in [0.717, 1.165) is 6.54 Å². The van der Waals surface area contributed by atoms with E-state index in [2.05, 4.69) is 20.6 Å². The van der Waals surface area contributed by atoms with Crippen LogP contribution >= 0.6 is 0 Å². The Morgan fingerprint density at radius 3 is 2.68 bits per heavy atom. The molecular formula is C18H22N6O4. The van der Waals surface area contributed by atoms with Crippen LogP contribution in [0.2, 0.25) is 0 Å². The number of methoxy groups -OCH3 is 1. The average molecular weight is 386 g/mol. The van der Waals surface area contributed by atoms with Crippen molar-refractivity contribution in [1.82, 2.24) is 20.4 Å². The number of hydrogen-bond donors (Lipinski definition) is 3. The summed E-state index contributed by atoms with van der Waals surface area (Å²) < 4.78 is 17.3. The Hall–Kier alpha value is -3.37. The van der Waals surface area contributed by atoms with Gasteiger partial charge >= 0.3 is 0 Å². The minimum atomic E-state index is 0.109. The lowest BCUT2D eigenvalue weighted by molar-refractivity contribution is 0.146. The summed E-state index contributed by atoms with van der Waals surface area (Å²) in [5.74, 6) is 1.19. The summed E-state index contributed by atoms with van der Waals surface area (Å²) in [5, 5.41) is 20.3. The molecule has 0 aliphatic heterocycles. The van der Waals surface area contributed by atoms with Gasteiger partial charge in [0.2, 0.25) is 5.82 Å². The third-order valence-electron chi connectivity index (χ3n) is 3.78. The Kier molecular flexibility index (Phi) is 6.99. The summed E-state index contributed by atoms with van der Waals surface area (Å²) in [6.07, 6.45) is 3.93. The number of aliphatic imine (C=N–C) groups is 1. The zero-order valence-corrected chi connectivity index (χ0v) is 15.4. The Balaban J connectivity index is 1.65. The third-order valence-corrected chi connectivity index (χ3v) is 3.78. The van der Waals surface area contributed by atoms with Crippen molar-refractivity contribution < 1.29 is 19.3 Å². The Morgan fingerprint density at radius 2 is 1.96 bits per heavy atom. The van der Waals surface area contributed by atoms with Crippen molar-refractivity contribution >= 4 is 17.3 Å². The normalized spacial score (nSPS) is 11.4. The molecule has 3 N–H and O–H groups in total. The van der Waals surface area contributed by atoms with E-state index in [9.17, 15) is 5.21 Å². The van der Waals surface area contributed by atoms with Crippen LogP contribution in [-0.2, 0) is 11.3 Å². The molecule has 0 unspecified atom stereocenters. The number of anilines is 1. The number of aromatic nitrogens is 3. The minimum Gasteiger partial charge on any atom is -0.491 e. The second kappa shape index (κ2) is 10.1. The van der Waals surface area contributed by atoms with Crippen molar-refractivity contribution in [2.45, 2.75) is 6.54 Å². The Bertz CT molecular complexity index is 861. The molecule has 10 heteroatoms. The van der Waals surface area contributed by atoms with Gasteiger partial charge in [-0.05, 0) is 46.7 Å². The first kappa shape index (κ1) is 19.4. The highest BCUT2D eigenvalue weighted by Gasteiger charge is 2.16. The van der Waals surface area contributed by atoms with Gasteiger partial charge in [-0.1, -0.05) is 0 Å². The van der Waals surface area contributed by atoms with Crippen LogP contribution in [0.4, 0.5) is 11.5 Å². The third kappa shape index (κ3) is 5.32. The quantitative estimate of drug-likeness (QED) is 0.210. The van der Waals surface area contributed by atoms with Gasteiger partial charge < -0.3 is 19.4 Å². The smallest absolute Gasteiger partial charge is 0.202 e. The van der Waals surface area contributed by atoms with Crippen molar-refractivity contribution in [1.29, 1.82) is 0 Å². The standard InChI is InChI=1S/C18H22N6O4/c1-26-12-13-27-15-6-4-14(5-7-15)20-18(21-25)16-17(23-28-22-16)19-8-11-24-9-2-3-10-24/h2-7,9-10,25H,8,11-13H2,1H3,(H,19,23)(H,20,21).